The van der Waals surface area contributed by atoms with Crippen molar-refractivity contribution in [3.63, 3.8) is 0 Å². The lowest BCUT2D eigenvalue weighted by molar-refractivity contribution is 0.0872. The highest BCUT2D eigenvalue weighted by molar-refractivity contribution is 7.80. The third-order valence-electron chi connectivity index (χ3n) is 3.46. The van der Waals surface area contributed by atoms with Gasteiger partial charge in [0, 0.05) is 11.4 Å². The van der Waals surface area contributed by atoms with Crippen LogP contribution >= 0.6 is 12.6 Å². The summed E-state index contributed by atoms with van der Waals surface area (Å²) in [5, 5.41) is 12.5. The average molecular weight is 265 g/mol. The van der Waals surface area contributed by atoms with Crippen LogP contribution < -0.4 is 5.32 Å². The van der Waals surface area contributed by atoms with Crippen molar-refractivity contribution in [2.75, 3.05) is 6.54 Å². The van der Waals surface area contributed by atoms with Crippen LogP contribution in [0.2, 0.25) is 0 Å². The smallest absolute Gasteiger partial charge is 0.252 e. The van der Waals surface area contributed by atoms with Crippen LogP contribution in [0, 0.1) is 5.92 Å². The molecular weight excluding hydrogens is 246 g/mol. The quantitative estimate of drug-likeness (QED) is 0.734. The number of rotatable bonds is 3. The Balaban J connectivity index is 1.87. The first-order valence-corrected chi connectivity index (χ1v) is 6.86. The Morgan fingerprint density at radius 3 is 2.89 bits per heavy atom. The first-order chi connectivity index (χ1) is 8.66. The maximum atomic E-state index is 12.0. The van der Waals surface area contributed by atoms with Gasteiger partial charge in [-0.15, -0.1) is 12.6 Å². The largest absolute Gasteiger partial charge is 0.393 e. The molecule has 0 heterocycles. The van der Waals surface area contributed by atoms with E-state index in [4.69, 9.17) is 0 Å². The van der Waals surface area contributed by atoms with Crippen molar-refractivity contribution >= 4 is 18.5 Å². The molecule has 1 aliphatic carbocycles. The molecule has 1 saturated carbocycles. The Kier molecular flexibility index (Phi) is 4.66. The van der Waals surface area contributed by atoms with E-state index in [0.717, 1.165) is 25.7 Å². The van der Waals surface area contributed by atoms with Crippen molar-refractivity contribution in [2.45, 2.75) is 36.7 Å². The zero-order valence-electron chi connectivity index (χ0n) is 10.3. The van der Waals surface area contributed by atoms with Gasteiger partial charge in [0.1, 0.15) is 0 Å². The summed E-state index contributed by atoms with van der Waals surface area (Å²) >= 11 is 4.27. The monoisotopic (exact) mass is 265 g/mol. The van der Waals surface area contributed by atoms with Crippen LogP contribution in [0.1, 0.15) is 36.0 Å². The highest BCUT2D eigenvalue weighted by Gasteiger charge is 2.20. The summed E-state index contributed by atoms with van der Waals surface area (Å²) in [5.74, 6) is 0.311. The lowest BCUT2D eigenvalue weighted by Crippen LogP contribution is -2.33. The summed E-state index contributed by atoms with van der Waals surface area (Å²) in [6, 6.07) is 7.27. The van der Waals surface area contributed by atoms with Crippen LogP contribution in [0.4, 0.5) is 0 Å². The van der Waals surface area contributed by atoms with Crippen LogP contribution in [0.3, 0.4) is 0 Å². The second-order valence-corrected chi connectivity index (χ2v) is 5.40. The Labute approximate surface area is 113 Å². The lowest BCUT2D eigenvalue weighted by Gasteiger charge is -2.25. The molecule has 3 nitrogen and oxygen atoms in total. The van der Waals surface area contributed by atoms with Crippen LogP contribution in [-0.2, 0) is 0 Å². The van der Waals surface area contributed by atoms with Crippen molar-refractivity contribution in [2.24, 2.45) is 5.92 Å². The van der Waals surface area contributed by atoms with Gasteiger partial charge in [0.05, 0.1) is 11.7 Å². The van der Waals surface area contributed by atoms with E-state index in [9.17, 15) is 9.90 Å². The Morgan fingerprint density at radius 2 is 2.17 bits per heavy atom. The molecule has 1 aromatic carbocycles. The van der Waals surface area contributed by atoms with Crippen molar-refractivity contribution in [3.05, 3.63) is 29.8 Å². The molecule has 0 radical (unpaired) electrons. The summed E-state index contributed by atoms with van der Waals surface area (Å²) in [6.07, 6.45) is 3.62. The van der Waals surface area contributed by atoms with Gasteiger partial charge in [-0.05, 0) is 37.3 Å². The molecule has 98 valence electrons. The van der Waals surface area contributed by atoms with Crippen molar-refractivity contribution in [1.82, 2.24) is 5.32 Å². The molecule has 2 rings (SSSR count). The number of aliphatic hydroxyl groups excluding tert-OH is 1. The zero-order chi connectivity index (χ0) is 13.0. The van der Waals surface area contributed by atoms with E-state index in [1.165, 1.54) is 0 Å². The number of amides is 1. The second-order valence-electron chi connectivity index (χ2n) is 4.91. The van der Waals surface area contributed by atoms with Crippen LogP contribution in [-0.4, -0.2) is 23.7 Å². The molecule has 0 spiro atoms. The number of hydrogen-bond donors (Lipinski definition) is 3. The van der Waals surface area contributed by atoms with Crippen LogP contribution in [0.5, 0.6) is 0 Å². The van der Waals surface area contributed by atoms with Crippen molar-refractivity contribution in [3.8, 4) is 0 Å². The Bertz CT molecular complexity index is 422. The number of aliphatic hydroxyl groups is 1. The molecule has 0 saturated heterocycles. The Hall–Kier alpha value is -1.00. The maximum Gasteiger partial charge on any atom is 0.252 e. The van der Waals surface area contributed by atoms with Gasteiger partial charge in [-0.2, -0.15) is 0 Å². The molecular formula is C14H19NO2S. The average Bonchev–Trinajstić information content (AvgIpc) is 2.37. The molecule has 0 aromatic heterocycles. The van der Waals surface area contributed by atoms with Gasteiger partial charge >= 0.3 is 0 Å². The predicted molar refractivity (Wildman–Crippen MR) is 74.0 cm³/mol. The fraction of sp³-hybridized carbons (Fsp3) is 0.500. The minimum atomic E-state index is -0.196. The van der Waals surface area contributed by atoms with Gasteiger partial charge in [0.15, 0.2) is 0 Å². The fourth-order valence-electron chi connectivity index (χ4n) is 2.45. The van der Waals surface area contributed by atoms with Crippen LogP contribution in [0.25, 0.3) is 0 Å². The highest BCUT2D eigenvalue weighted by atomic mass is 32.1. The normalized spacial score (nSPS) is 23.7. The molecule has 1 aliphatic rings. The number of nitrogens with one attached hydrogen (secondary N) is 1. The lowest BCUT2D eigenvalue weighted by atomic mass is 9.87. The van der Waals surface area contributed by atoms with Gasteiger partial charge in [0.2, 0.25) is 0 Å². The SMILES string of the molecule is O=C(NCC1CCCC(O)C1)c1ccccc1S. The predicted octanol–water partition coefficient (Wildman–Crippen LogP) is 2.26. The van der Waals surface area contributed by atoms with E-state index in [1.807, 2.05) is 18.2 Å². The van der Waals surface area contributed by atoms with Gasteiger partial charge in [-0.25, -0.2) is 0 Å². The highest BCUT2D eigenvalue weighted by Crippen LogP contribution is 2.23. The summed E-state index contributed by atoms with van der Waals surface area (Å²) in [6.45, 7) is 0.637. The van der Waals surface area contributed by atoms with Gasteiger partial charge in [-0.1, -0.05) is 18.6 Å². The van der Waals surface area contributed by atoms with E-state index in [0.29, 0.717) is 22.9 Å². The fourth-order valence-corrected chi connectivity index (χ4v) is 2.71. The van der Waals surface area contributed by atoms with E-state index in [2.05, 4.69) is 17.9 Å². The molecule has 2 N–H and O–H groups in total. The topological polar surface area (TPSA) is 49.3 Å². The molecule has 0 aliphatic heterocycles. The molecule has 18 heavy (non-hydrogen) atoms. The standard InChI is InChI=1S/C14H19NO2S/c16-11-5-3-4-10(8-11)9-15-14(17)12-6-1-2-7-13(12)18/h1-2,6-7,10-11,16,18H,3-5,8-9H2,(H,15,17). The molecule has 2 atom stereocenters. The third-order valence-corrected chi connectivity index (χ3v) is 3.85. The number of benzene rings is 1. The van der Waals surface area contributed by atoms with E-state index in [-0.39, 0.29) is 12.0 Å². The third kappa shape index (κ3) is 3.50. The molecule has 4 heteroatoms. The van der Waals surface area contributed by atoms with E-state index in [1.54, 1.807) is 6.07 Å². The van der Waals surface area contributed by atoms with Crippen molar-refractivity contribution < 1.29 is 9.90 Å². The van der Waals surface area contributed by atoms with Crippen molar-refractivity contribution in [1.29, 1.82) is 0 Å². The first kappa shape index (κ1) is 13.4. The number of carbonyl (C=O) groups excluding carboxylic acids is 1. The summed E-state index contributed by atoms with van der Waals surface area (Å²) < 4.78 is 0. The molecule has 1 amide bonds. The second kappa shape index (κ2) is 6.25. The first-order valence-electron chi connectivity index (χ1n) is 6.41. The van der Waals surface area contributed by atoms with Gasteiger partial charge in [0.25, 0.3) is 5.91 Å². The number of carbonyl (C=O) groups is 1. The maximum absolute atomic E-state index is 12.0. The number of thiol groups is 1. The minimum absolute atomic E-state index is 0.0827. The summed E-state index contributed by atoms with van der Waals surface area (Å²) in [5.41, 5.74) is 0.609. The minimum Gasteiger partial charge on any atom is -0.393 e. The summed E-state index contributed by atoms with van der Waals surface area (Å²) in [7, 11) is 0. The van der Waals surface area contributed by atoms with E-state index >= 15 is 0 Å². The molecule has 0 bridgehead atoms. The molecule has 1 aromatic rings. The Morgan fingerprint density at radius 1 is 1.39 bits per heavy atom. The zero-order valence-corrected chi connectivity index (χ0v) is 11.2. The van der Waals surface area contributed by atoms with Gasteiger partial charge < -0.3 is 10.4 Å². The van der Waals surface area contributed by atoms with E-state index < -0.39 is 0 Å². The van der Waals surface area contributed by atoms with Crippen LogP contribution in [0.15, 0.2) is 29.2 Å². The molecule has 1 fully saturated rings. The van der Waals surface area contributed by atoms with Gasteiger partial charge in [-0.3, -0.25) is 4.79 Å². The summed E-state index contributed by atoms with van der Waals surface area (Å²) in [4.78, 5) is 12.7. The number of hydrogen-bond acceptors (Lipinski definition) is 3. The molecule has 2 unspecified atom stereocenters.